The molecule has 1 fully saturated rings. The summed E-state index contributed by atoms with van der Waals surface area (Å²) in [5.41, 5.74) is 4.26. The zero-order valence-electron chi connectivity index (χ0n) is 26.3. The number of hydrogen-bond donors (Lipinski definition) is 5. The number of aromatic amines is 1. The van der Waals surface area contributed by atoms with Crippen LogP contribution in [0.5, 0.6) is 0 Å². The van der Waals surface area contributed by atoms with E-state index in [-0.39, 0.29) is 24.0 Å². The van der Waals surface area contributed by atoms with E-state index in [1.807, 2.05) is 48.5 Å². The molecule has 4 unspecified atom stereocenters. The molecule has 1 aliphatic rings. The normalized spacial score (nSPS) is 18.7. The molecule has 0 aromatic carbocycles. The van der Waals surface area contributed by atoms with Gasteiger partial charge in [-0.1, -0.05) is 61.3 Å². The summed E-state index contributed by atoms with van der Waals surface area (Å²) < 4.78 is 27.8. The molecule has 2 heterocycles. The molecule has 0 bridgehead atoms. The molecule has 0 spiro atoms. The molecule has 41 heavy (non-hydrogen) atoms. The Morgan fingerprint density at radius 2 is 1.76 bits per heavy atom. The number of amides is 1. The summed E-state index contributed by atoms with van der Waals surface area (Å²) in [5, 5.41) is 9.74. The highest BCUT2D eigenvalue weighted by atomic mass is 31.2. The molecule has 1 aliphatic heterocycles. The van der Waals surface area contributed by atoms with Crippen molar-refractivity contribution in [1.82, 2.24) is 14.9 Å². The van der Waals surface area contributed by atoms with Crippen LogP contribution in [0.2, 0.25) is 0 Å². The summed E-state index contributed by atoms with van der Waals surface area (Å²) in [4.78, 5) is 48.1. The van der Waals surface area contributed by atoms with E-state index in [0.717, 1.165) is 39.9 Å². The predicted octanol–water partition coefficient (Wildman–Crippen LogP) is 3.56. The number of carbonyl (C=O) groups is 1. The lowest BCUT2D eigenvalue weighted by molar-refractivity contribution is -0.116. The van der Waals surface area contributed by atoms with E-state index in [0.29, 0.717) is 19.5 Å². The second-order valence-corrected chi connectivity index (χ2v) is 9.43. The Labute approximate surface area is 245 Å². The second kappa shape index (κ2) is 26.8. The van der Waals surface area contributed by atoms with E-state index in [2.05, 4.69) is 14.8 Å². The average molecular weight is 611 g/mol. The number of rotatable bonds is 13. The van der Waals surface area contributed by atoms with Crippen molar-refractivity contribution in [3.8, 4) is 0 Å². The van der Waals surface area contributed by atoms with Crippen molar-refractivity contribution in [2.24, 2.45) is 11.7 Å². The molecule has 1 aromatic rings. The number of unbranched alkanes of at least 4 members (excludes halogenated alkanes) is 3. The van der Waals surface area contributed by atoms with Gasteiger partial charge in [0.25, 0.3) is 5.56 Å². The molecule has 242 valence electrons. The maximum Gasteiger partial charge on any atom is 0.472 e. The lowest BCUT2D eigenvalue weighted by Crippen LogP contribution is -2.33. The monoisotopic (exact) mass is 610 g/mol. The van der Waals surface area contributed by atoms with Gasteiger partial charge in [0.05, 0.1) is 18.3 Å². The summed E-state index contributed by atoms with van der Waals surface area (Å²) in [5.74, 6) is -0.444. The molecule has 1 saturated heterocycles. The van der Waals surface area contributed by atoms with Gasteiger partial charge in [0, 0.05) is 33.0 Å². The minimum Gasteiger partial charge on any atom is -0.400 e. The molecule has 1 amide bonds. The molecule has 0 saturated carbocycles. The topological polar surface area (TPSA) is 195 Å². The van der Waals surface area contributed by atoms with Crippen LogP contribution in [0.25, 0.3) is 6.08 Å². The number of nitrogens with one attached hydrogen (secondary N) is 2. The lowest BCUT2D eigenvalue weighted by Gasteiger charge is -2.18. The van der Waals surface area contributed by atoms with Gasteiger partial charge in [-0.25, -0.2) is 9.36 Å². The van der Waals surface area contributed by atoms with Crippen LogP contribution in [-0.2, 0) is 23.1 Å². The lowest BCUT2D eigenvalue weighted by atomic mass is 10.0. The summed E-state index contributed by atoms with van der Waals surface area (Å²) in [6.45, 7) is 14.8. The number of H-pyrrole nitrogens is 1. The van der Waals surface area contributed by atoms with Gasteiger partial charge in [-0.3, -0.25) is 28.2 Å². The number of aliphatic hydroxyl groups is 1. The standard InChI is InChI=1S/C20H33N4O8P.3C2H6.CH4O/c1-14-11-18(32-16(14)13-31-33(28,29)30-2)24-12-15(19(26)23-20(24)27)7-8-17(25)22-10-6-4-3-5-9-21;4*1-2/h7-8,12,14,16,18H,3-6,9-11,13,21H2,1-2H3,(H,22,25)(H,28,29)(H,23,26,27);3*1-2H3;2H,1H3/b8-7+;;;;. The molecular weight excluding hydrogens is 555 g/mol. The van der Waals surface area contributed by atoms with Crippen LogP contribution in [0, 0.1) is 5.92 Å². The molecule has 0 aliphatic carbocycles. The Morgan fingerprint density at radius 1 is 1.17 bits per heavy atom. The van der Waals surface area contributed by atoms with Crippen molar-refractivity contribution in [3.05, 3.63) is 38.7 Å². The van der Waals surface area contributed by atoms with Gasteiger partial charge < -0.3 is 25.8 Å². The SMILES string of the molecule is CC.CC.CC.CO.COP(=O)(O)OCC1OC(n2cc(/C=C/C(=O)NCCCCCCN)c(=O)[nH]c2=O)CC1C. The molecule has 14 heteroatoms. The fraction of sp³-hybridized carbons (Fsp3) is 0.741. The molecule has 2 rings (SSSR count). The van der Waals surface area contributed by atoms with Crippen LogP contribution >= 0.6 is 7.82 Å². The number of nitrogens with two attached hydrogens (primary N) is 1. The molecule has 0 radical (unpaired) electrons. The summed E-state index contributed by atoms with van der Waals surface area (Å²) in [7, 11) is -2.09. The van der Waals surface area contributed by atoms with Gasteiger partial charge in [-0.05, 0) is 37.8 Å². The Kier molecular flexibility index (Phi) is 28.3. The highest BCUT2D eigenvalue weighted by Gasteiger charge is 2.36. The fourth-order valence-corrected chi connectivity index (χ4v) is 3.80. The quantitative estimate of drug-likeness (QED) is 0.125. The zero-order chi connectivity index (χ0) is 32.4. The summed E-state index contributed by atoms with van der Waals surface area (Å²) in [6, 6.07) is 0. The van der Waals surface area contributed by atoms with E-state index >= 15 is 0 Å². The highest BCUT2D eigenvalue weighted by Crippen LogP contribution is 2.43. The maximum atomic E-state index is 12.3. The van der Waals surface area contributed by atoms with Crippen LogP contribution in [0.3, 0.4) is 0 Å². The third-order valence-electron chi connectivity index (χ3n) is 5.32. The highest BCUT2D eigenvalue weighted by molar-refractivity contribution is 7.47. The first-order chi connectivity index (χ1) is 19.7. The minimum atomic E-state index is -4.15. The Hall–Kier alpha value is -2.12. The third kappa shape index (κ3) is 18.1. The molecule has 6 N–H and O–H groups in total. The number of carbonyl (C=O) groups excluding carboxylic acids is 1. The van der Waals surface area contributed by atoms with Crippen molar-refractivity contribution in [1.29, 1.82) is 0 Å². The molecule has 4 atom stereocenters. The van der Waals surface area contributed by atoms with E-state index in [9.17, 15) is 23.8 Å². The minimum absolute atomic E-state index is 0.0969. The Bertz CT molecular complexity index is 982. The number of hydrogen-bond acceptors (Lipinski definition) is 9. The largest absolute Gasteiger partial charge is 0.472 e. The maximum absolute atomic E-state index is 12.3. The van der Waals surface area contributed by atoms with Crippen LogP contribution in [0.15, 0.2) is 21.9 Å². The molecule has 13 nitrogen and oxygen atoms in total. The zero-order valence-corrected chi connectivity index (χ0v) is 27.2. The number of nitrogens with zero attached hydrogens (tertiary/aromatic N) is 1. The number of phosphoric ester groups is 1. The van der Waals surface area contributed by atoms with Crippen molar-refractivity contribution in [3.63, 3.8) is 0 Å². The first kappa shape index (κ1) is 43.3. The van der Waals surface area contributed by atoms with Gasteiger partial charge in [-0.2, -0.15) is 0 Å². The van der Waals surface area contributed by atoms with Crippen molar-refractivity contribution in [2.75, 3.05) is 33.9 Å². The Balaban J connectivity index is -0.00000165. The smallest absolute Gasteiger partial charge is 0.400 e. The molecular formula is C27H55N4O9P. The number of phosphoric acid groups is 1. The second-order valence-electron chi connectivity index (χ2n) is 7.87. The fourth-order valence-electron chi connectivity index (χ4n) is 3.36. The van der Waals surface area contributed by atoms with E-state index < -0.39 is 31.4 Å². The van der Waals surface area contributed by atoms with Crippen LogP contribution in [0.4, 0.5) is 0 Å². The van der Waals surface area contributed by atoms with Crippen molar-refractivity contribution < 1.29 is 33.1 Å². The van der Waals surface area contributed by atoms with Gasteiger partial charge >= 0.3 is 13.5 Å². The van der Waals surface area contributed by atoms with E-state index in [1.165, 1.54) is 22.9 Å². The van der Waals surface area contributed by atoms with Crippen LogP contribution < -0.4 is 22.3 Å². The van der Waals surface area contributed by atoms with E-state index in [1.54, 1.807) is 0 Å². The molecule has 1 aromatic heterocycles. The number of ether oxygens (including phenoxy) is 1. The van der Waals surface area contributed by atoms with Gasteiger partial charge in [-0.15, -0.1) is 0 Å². The van der Waals surface area contributed by atoms with Gasteiger partial charge in [0.1, 0.15) is 6.23 Å². The number of aliphatic hydroxyl groups excluding tert-OH is 1. The first-order valence-corrected chi connectivity index (χ1v) is 15.8. The van der Waals surface area contributed by atoms with Crippen LogP contribution in [-0.4, -0.2) is 65.5 Å². The first-order valence-electron chi connectivity index (χ1n) is 14.3. The van der Waals surface area contributed by atoms with Crippen LogP contribution in [0.1, 0.15) is 92.4 Å². The predicted molar refractivity (Wildman–Crippen MR) is 164 cm³/mol. The van der Waals surface area contributed by atoms with Gasteiger partial charge in [0.15, 0.2) is 0 Å². The van der Waals surface area contributed by atoms with Crippen molar-refractivity contribution in [2.45, 2.75) is 92.9 Å². The Morgan fingerprint density at radius 3 is 2.32 bits per heavy atom. The third-order valence-corrected chi connectivity index (χ3v) is 6.26. The van der Waals surface area contributed by atoms with Gasteiger partial charge in [0.2, 0.25) is 5.91 Å². The van der Waals surface area contributed by atoms with E-state index in [4.69, 9.17) is 20.1 Å². The summed E-state index contributed by atoms with van der Waals surface area (Å²) in [6.07, 6.45) is 6.81. The summed E-state index contributed by atoms with van der Waals surface area (Å²) >= 11 is 0. The van der Waals surface area contributed by atoms with Crippen molar-refractivity contribution >= 4 is 19.8 Å². The average Bonchev–Trinajstić information content (AvgIpc) is 3.37. The number of aromatic nitrogens is 2.